The standard InChI is InChI=1S/C25H31N5O3/c1-5-26-24(32)18-7-12-21-22(25(33)28-23(21)15-18)16-27-19-8-10-20(11-9-19)30(17(2)31)14-6-13-29(3)4/h7-12,15-16,27H,5-6,13-14H2,1-4H3,(H,26,32)(H,28,33)/b22-16-. The molecule has 3 rings (SSSR count). The van der Waals surface area contributed by atoms with Crippen LogP contribution in [-0.2, 0) is 9.59 Å². The van der Waals surface area contributed by atoms with Crippen LogP contribution in [0.15, 0.2) is 48.7 Å². The number of carbonyl (C=O) groups excluding carboxylic acids is 3. The lowest BCUT2D eigenvalue weighted by atomic mass is 10.1. The minimum atomic E-state index is -0.231. The highest BCUT2D eigenvalue weighted by Crippen LogP contribution is 2.32. The maximum absolute atomic E-state index is 12.5. The molecule has 174 valence electrons. The molecule has 1 heterocycles. The number of hydrogen-bond acceptors (Lipinski definition) is 5. The van der Waals surface area contributed by atoms with Crippen molar-refractivity contribution in [3.63, 3.8) is 0 Å². The Morgan fingerprint density at radius 3 is 2.42 bits per heavy atom. The van der Waals surface area contributed by atoms with Crippen molar-refractivity contribution in [1.29, 1.82) is 0 Å². The van der Waals surface area contributed by atoms with Crippen LogP contribution in [0.5, 0.6) is 0 Å². The van der Waals surface area contributed by atoms with Crippen LogP contribution < -0.4 is 20.9 Å². The predicted octanol–water partition coefficient (Wildman–Crippen LogP) is 3.15. The number of nitrogens with one attached hydrogen (secondary N) is 3. The van der Waals surface area contributed by atoms with E-state index in [4.69, 9.17) is 0 Å². The van der Waals surface area contributed by atoms with Crippen molar-refractivity contribution >= 4 is 40.4 Å². The molecule has 1 aliphatic rings. The topological polar surface area (TPSA) is 93.8 Å². The van der Waals surface area contributed by atoms with Crippen LogP contribution in [0.3, 0.4) is 0 Å². The summed E-state index contributed by atoms with van der Waals surface area (Å²) in [7, 11) is 4.02. The third-order valence-corrected chi connectivity index (χ3v) is 5.33. The third-order valence-electron chi connectivity index (χ3n) is 5.33. The molecule has 0 saturated heterocycles. The zero-order chi connectivity index (χ0) is 24.0. The van der Waals surface area contributed by atoms with Crippen LogP contribution in [0.25, 0.3) is 5.57 Å². The quantitative estimate of drug-likeness (QED) is 0.512. The summed E-state index contributed by atoms with van der Waals surface area (Å²) in [5, 5.41) is 8.72. The van der Waals surface area contributed by atoms with Crippen molar-refractivity contribution in [2.24, 2.45) is 0 Å². The molecule has 0 spiro atoms. The molecule has 1 aliphatic heterocycles. The summed E-state index contributed by atoms with van der Waals surface area (Å²) in [5.74, 6) is -0.403. The maximum atomic E-state index is 12.5. The van der Waals surface area contributed by atoms with E-state index in [9.17, 15) is 14.4 Å². The summed E-state index contributed by atoms with van der Waals surface area (Å²) in [4.78, 5) is 40.4. The van der Waals surface area contributed by atoms with Gasteiger partial charge in [-0.25, -0.2) is 0 Å². The van der Waals surface area contributed by atoms with Crippen molar-refractivity contribution in [1.82, 2.24) is 10.2 Å². The van der Waals surface area contributed by atoms with E-state index in [0.717, 1.165) is 29.9 Å². The molecule has 0 radical (unpaired) electrons. The van der Waals surface area contributed by atoms with Crippen molar-refractivity contribution in [2.75, 3.05) is 49.3 Å². The Hall–Kier alpha value is -3.65. The van der Waals surface area contributed by atoms with Crippen LogP contribution in [0, 0.1) is 0 Å². The Labute approximate surface area is 194 Å². The summed E-state index contributed by atoms with van der Waals surface area (Å²) in [6, 6.07) is 12.7. The first-order valence-corrected chi connectivity index (χ1v) is 11.0. The Kier molecular flexibility index (Phi) is 7.84. The molecule has 3 amide bonds. The van der Waals surface area contributed by atoms with Gasteiger partial charge in [0.2, 0.25) is 5.91 Å². The highest BCUT2D eigenvalue weighted by Gasteiger charge is 2.25. The van der Waals surface area contributed by atoms with Gasteiger partial charge >= 0.3 is 0 Å². The fourth-order valence-corrected chi connectivity index (χ4v) is 3.65. The van der Waals surface area contributed by atoms with Crippen LogP contribution in [-0.4, -0.2) is 56.4 Å². The number of anilines is 3. The highest BCUT2D eigenvalue weighted by molar-refractivity contribution is 6.32. The minimum absolute atomic E-state index is 0.00260. The molecule has 0 unspecified atom stereocenters. The van der Waals surface area contributed by atoms with Gasteiger partial charge in [-0.15, -0.1) is 0 Å². The lowest BCUT2D eigenvalue weighted by Crippen LogP contribution is -2.31. The molecule has 8 heteroatoms. The van der Waals surface area contributed by atoms with E-state index in [0.29, 0.717) is 29.9 Å². The van der Waals surface area contributed by atoms with Crippen LogP contribution >= 0.6 is 0 Å². The number of nitrogens with zero attached hydrogens (tertiary/aromatic N) is 2. The van der Waals surface area contributed by atoms with Crippen molar-refractivity contribution in [3.8, 4) is 0 Å². The van der Waals surface area contributed by atoms with Gasteiger partial charge in [0, 0.05) is 54.4 Å². The smallest absolute Gasteiger partial charge is 0.257 e. The number of hydrogen-bond donors (Lipinski definition) is 3. The number of carbonyl (C=O) groups is 3. The second-order valence-corrected chi connectivity index (χ2v) is 8.15. The molecule has 0 bridgehead atoms. The van der Waals surface area contributed by atoms with Crippen molar-refractivity contribution in [3.05, 3.63) is 59.8 Å². The molecule has 0 saturated carbocycles. The first-order chi connectivity index (χ1) is 15.8. The molecular weight excluding hydrogens is 418 g/mol. The van der Waals surface area contributed by atoms with Gasteiger partial charge in [0.15, 0.2) is 0 Å². The minimum Gasteiger partial charge on any atom is -0.361 e. The summed E-state index contributed by atoms with van der Waals surface area (Å²) >= 11 is 0. The van der Waals surface area contributed by atoms with E-state index in [1.807, 2.05) is 45.3 Å². The van der Waals surface area contributed by atoms with Crippen molar-refractivity contribution in [2.45, 2.75) is 20.3 Å². The Bertz CT molecular complexity index is 1060. The van der Waals surface area contributed by atoms with E-state index < -0.39 is 0 Å². The van der Waals surface area contributed by atoms with Gasteiger partial charge in [-0.3, -0.25) is 14.4 Å². The van der Waals surface area contributed by atoms with Gasteiger partial charge < -0.3 is 25.8 Å². The SMILES string of the molecule is CCNC(=O)c1ccc2c(c1)NC(=O)/C2=C\Nc1ccc(N(CCCN(C)C)C(C)=O)cc1. The molecule has 0 aromatic heterocycles. The van der Waals surface area contributed by atoms with Gasteiger partial charge in [-0.05, 0) is 70.4 Å². The lowest BCUT2D eigenvalue weighted by molar-refractivity contribution is -0.116. The van der Waals surface area contributed by atoms with E-state index in [2.05, 4.69) is 20.9 Å². The van der Waals surface area contributed by atoms with Gasteiger partial charge in [-0.2, -0.15) is 0 Å². The van der Waals surface area contributed by atoms with E-state index >= 15 is 0 Å². The molecule has 8 nitrogen and oxygen atoms in total. The van der Waals surface area contributed by atoms with Gasteiger partial charge in [0.05, 0.1) is 5.57 Å². The van der Waals surface area contributed by atoms with Crippen LogP contribution in [0.2, 0.25) is 0 Å². The second-order valence-electron chi connectivity index (χ2n) is 8.15. The monoisotopic (exact) mass is 449 g/mol. The van der Waals surface area contributed by atoms with Crippen molar-refractivity contribution < 1.29 is 14.4 Å². The van der Waals surface area contributed by atoms with Crippen LogP contribution in [0.4, 0.5) is 17.1 Å². The largest absolute Gasteiger partial charge is 0.361 e. The molecule has 0 aliphatic carbocycles. The normalized spacial score (nSPS) is 13.6. The average Bonchev–Trinajstić information content (AvgIpc) is 3.09. The summed E-state index contributed by atoms with van der Waals surface area (Å²) in [6.07, 6.45) is 2.54. The lowest BCUT2D eigenvalue weighted by Gasteiger charge is -2.22. The molecule has 3 N–H and O–H groups in total. The predicted molar refractivity (Wildman–Crippen MR) is 132 cm³/mol. The Balaban J connectivity index is 1.71. The Morgan fingerprint density at radius 2 is 1.79 bits per heavy atom. The fraction of sp³-hybridized carbons (Fsp3) is 0.320. The zero-order valence-corrected chi connectivity index (χ0v) is 19.6. The zero-order valence-electron chi connectivity index (χ0n) is 19.6. The molecule has 2 aromatic carbocycles. The molecule has 33 heavy (non-hydrogen) atoms. The molecule has 2 aromatic rings. The number of benzene rings is 2. The third kappa shape index (κ3) is 5.98. The second kappa shape index (κ2) is 10.8. The van der Waals surface area contributed by atoms with E-state index in [1.54, 1.807) is 36.2 Å². The maximum Gasteiger partial charge on any atom is 0.257 e. The summed E-state index contributed by atoms with van der Waals surface area (Å²) in [5.41, 5.74) is 3.97. The first kappa shape index (κ1) is 24.0. The number of amides is 3. The van der Waals surface area contributed by atoms with Gasteiger partial charge in [-0.1, -0.05) is 6.07 Å². The Morgan fingerprint density at radius 1 is 1.06 bits per heavy atom. The highest BCUT2D eigenvalue weighted by atomic mass is 16.2. The number of rotatable bonds is 9. The summed E-state index contributed by atoms with van der Waals surface area (Å²) in [6.45, 7) is 5.52. The van der Waals surface area contributed by atoms with Gasteiger partial charge in [0.1, 0.15) is 0 Å². The molecular formula is C25H31N5O3. The first-order valence-electron chi connectivity index (χ1n) is 11.0. The molecule has 0 atom stereocenters. The number of fused-ring (bicyclic) bond motifs is 1. The summed E-state index contributed by atoms with van der Waals surface area (Å²) < 4.78 is 0. The van der Waals surface area contributed by atoms with E-state index in [1.165, 1.54) is 0 Å². The van der Waals surface area contributed by atoms with Gasteiger partial charge in [0.25, 0.3) is 11.8 Å². The fourth-order valence-electron chi connectivity index (χ4n) is 3.65. The average molecular weight is 450 g/mol. The molecule has 0 fully saturated rings. The van der Waals surface area contributed by atoms with Crippen LogP contribution in [0.1, 0.15) is 36.2 Å². The van der Waals surface area contributed by atoms with E-state index in [-0.39, 0.29) is 17.7 Å².